The van der Waals surface area contributed by atoms with E-state index in [4.69, 9.17) is 9.84 Å². The Balaban J connectivity index is 2.19. The Kier molecular flexibility index (Phi) is 2.50. The molecule has 0 aromatic carbocycles. The minimum atomic E-state index is -1.19. The molecule has 0 aliphatic carbocycles. The van der Waals surface area contributed by atoms with Crippen LogP contribution in [0.1, 0.15) is 12.8 Å². The lowest BCUT2D eigenvalue weighted by Gasteiger charge is -2.20. The van der Waals surface area contributed by atoms with Gasteiger partial charge in [0.2, 0.25) is 0 Å². The van der Waals surface area contributed by atoms with Crippen molar-refractivity contribution in [2.75, 3.05) is 13.2 Å². The summed E-state index contributed by atoms with van der Waals surface area (Å²) in [6.45, 7) is 1.22. The number of ether oxygens (including phenoxy) is 2. The Bertz CT molecular complexity index is 117. The minimum absolute atomic E-state index is 0.147. The van der Waals surface area contributed by atoms with Gasteiger partial charge in [0, 0.05) is 12.8 Å². The van der Waals surface area contributed by atoms with Crippen molar-refractivity contribution in [3.63, 3.8) is 0 Å². The molecule has 1 fully saturated rings. The molecule has 1 N–H and O–H groups in total. The molecule has 0 bridgehead atoms. The highest BCUT2D eigenvalue weighted by Gasteiger charge is 2.16. The summed E-state index contributed by atoms with van der Waals surface area (Å²) < 4.78 is 9.54. The molecule has 0 saturated carbocycles. The summed E-state index contributed by atoms with van der Waals surface area (Å²) in [6.07, 6.45) is 0.0386. The summed E-state index contributed by atoms with van der Waals surface area (Å²) in [5.74, 6) is 0. The summed E-state index contributed by atoms with van der Waals surface area (Å²) in [6, 6.07) is 0. The molecule has 1 heterocycles. The van der Waals surface area contributed by atoms with Crippen LogP contribution in [0.4, 0.5) is 4.79 Å². The second-order valence-corrected chi connectivity index (χ2v) is 2.20. The molecular weight excluding hydrogens is 136 g/mol. The Hall–Kier alpha value is -0.770. The SMILES string of the molecule is O=C(O)OC1CCOCC1. The molecule has 1 aliphatic rings. The van der Waals surface area contributed by atoms with Crippen molar-refractivity contribution in [2.24, 2.45) is 0 Å². The first kappa shape index (κ1) is 7.34. The first-order valence-electron chi connectivity index (χ1n) is 3.26. The lowest BCUT2D eigenvalue weighted by Crippen LogP contribution is -2.25. The van der Waals surface area contributed by atoms with Gasteiger partial charge < -0.3 is 14.6 Å². The summed E-state index contributed by atoms with van der Waals surface area (Å²) in [7, 11) is 0. The Labute approximate surface area is 58.7 Å². The van der Waals surface area contributed by atoms with Gasteiger partial charge in [-0.2, -0.15) is 0 Å². The van der Waals surface area contributed by atoms with Gasteiger partial charge in [-0.1, -0.05) is 0 Å². The third-order valence-corrected chi connectivity index (χ3v) is 1.44. The molecule has 0 amide bonds. The Morgan fingerprint density at radius 2 is 2.10 bits per heavy atom. The van der Waals surface area contributed by atoms with Crippen LogP contribution in [0.5, 0.6) is 0 Å². The first-order valence-corrected chi connectivity index (χ1v) is 3.26. The van der Waals surface area contributed by atoms with Crippen molar-refractivity contribution in [3.05, 3.63) is 0 Å². The summed E-state index contributed by atoms with van der Waals surface area (Å²) in [5, 5.41) is 8.20. The maximum absolute atomic E-state index is 10.0. The van der Waals surface area contributed by atoms with Gasteiger partial charge in [0.15, 0.2) is 0 Å². The monoisotopic (exact) mass is 146 g/mol. The zero-order valence-corrected chi connectivity index (χ0v) is 5.58. The summed E-state index contributed by atoms with van der Waals surface area (Å²) in [5.41, 5.74) is 0. The molecule has 4 nitrogen and oxygen atoms in total. The molecule has 0 spiro atoms. The highest BCUT2D eigenvalue weighted by Crippen LogP contribution is 2.09. The van der Waals surface area contributed by atoms with E-state index in [1.807, 2.05) is 0 Å². The van der Waals surface area contributed by atoms with E-state index >= 15 is 0 Å². The van der Waals surface area contributed by atoms with Crippen LogP contribution in [0.2, 0.25) is 0 Å². The fourth-order valence-corrected chi connectivity index (χ4v) is 0.936. The molecule has 0 unspecified atom stereocenters. The molecule has 1 saturated heterocycles. The van der Waals surface area contributed by atoms with Crippen LogP contribution in [0.25, 0.3) is 0 Å². The Morgan fingerprint density at radius 1 is 1.50 bits per heavy atom. The lowest BCUT2D eigenvalue weighted by molar-refractivity contribution is -0.0157. The highest BCUT2D eigenvalue weighted by atomic mass is 16.7. The number of carbonyl (C=O) groups is 1. The van der Waals surface area contributed by atoms with Gasteiger partial charge in [-0.25, -0.2) is 4.79 Å². The quantitative estimate of drug-likeness (QED) is 0.557. The third kappa shape index (κ3) is 2.23. The lowest BCUT2D eigenvalue weighted by atomic mass is 10.2. The van der Waals surface area contributed by atoms with E-state index in [1.54, 1.807) is 0 Å². The standard InChI is InChI=1S/C6H10O4/c7-6(8)10-5-1-3-9-4-2-5/h5H,1-4H2,(H,7,8). The maximum Gasteiger partial charge on any atom is 0.506 e. The van der Waals surface area contributed by atoms with Gasteiger partial charge in [0.25, 0.3) is 0 Å². The second-order valence-electron chi connectivity index (χ2n) is 2.20. The van der Waals surface area contributed by atoms with Crippen LogP contribution in [0.15, 0.2) is 0 Å². The van der Waals surface area contributed by atoms with Gasteiger partial charge in [-0.15, -0.1) is 0 Å². The third-order valence-electron chi connectivity index (χ3n) is 1.44. The van der Waals surface area contributed by atoms with Crippen molar-refractivity contribution < 1.29 is 19.4 Å². The predicted octanol–water partition coefficient (Wildman–Crippen LogP) is 0.860. The van der Waals surface area contributed by atoms with Crippen LogP contribution >= 0.6 is 0 Å². The highest BCUT2D eigenvalue weighted by molar-refractivity contribution is 5.57. The van der Waals surface area contributed by atoms with Crippen molar-refractivity contribution in [1.82, 2.24) is 0 Å². The van der Waals surface area contributed by atoms with Crippen molar-refractivity contribution in [2.45, 2.75) is 18.9 Å². The zero-order chi connectivity index (χ0) is 7.40. The van der Waals surface area contributed by atoms with Gasteiger partial charge >= 0.3 is 6.16 Å². The fourth-order valence-electron chi connectivity index (χ4n) is 0.936. The topological polar surface area (TPSA) is 55.8 Å². The van der Waals surface area contributed by atoms with Gasteiger partial charge in [0.1, 0.15) is 6.10 Å². The molecule has 0 radical (unpaired) electrons. The van der Waals surface area contributed by atoms with Crippen molar-refractivity contribution in [1.29, 1.82) is 0 Å². The van der Waals surface area contributed by atoms with Crippen LogP contribution < -0.4 is 0 Å². The van der Waals surface area contributed by atoms with Gasteiger partial charge in [0.05, 0.1) is 13.2 Å². The molecular formula is C6H10O4. The second kappa shape index (κ2) is 3.41. The van der Waals surface area contributed by atoms with Crippen LogP contribution in [-0.4, -0.2) is 30.6 Å². The molecule has 0 atom stereocenters. The van der Waals surface area contributed by atoms with E-state index in [2.05, 4.69) is 4.74 Å². The van der Waals surface area contributed by atoms with E-state index in [1.165, 1.54) is 0 Å². The molecule has 10 heavy (non-hydrogen) atoms. The number of hydrogen-bond acceptors (Lipinski definition) is 3. The summed E-state index contributed by atoms with van der Waals surface area (Å²) >= 11 is 0. The average molecular weight is 146 g/mol. The molecule has 1 rings (SSSR count). The molecule has 0 aromatic rings. The normalized spacial score (nSPS) is 20.4. The minimum Gasteiger partial charge on any atom is -0.450 e. The van der Waals surface area contributed by atoms with Gasteiger partial charge in [-0.3, -0.25) is 0 Å². The van der Waals surface area contributed by atoms with E-state index in [9.17, 15) is 4.79 Å². The predicted molar refractivity (Wildman–Crippen MR) is 33.0 cm³/mol. The molecule has 58 valence electrons. The van der Waals surface area contributed by atoms with Crippen LogP contribution in [0, 0.1) is 0 Å². The number of hydrogen-bond donors (Lipinski definition) is 1. The van der Waals surface area contributed by atoms with E-state index in [0.717, 1.165) is 0 Å². The molecule has 4 heteroatoms. The number of rotatable bonds is 1. The van der Waals surface area contributed by atoms with E-state index < -0.39 is 6.16 Å². The largest absolute Gasteiger partial charge is 0.506 e. The van der Waals surface area contributed by atoms with Crippen LogP contribution in [-0.2, 0) is 9.47 Å². The first-order chi connectivity index (χ1) is 4.79. The van der Waals surface area contributed by atoms with Crippen molar-refractivity contribution >= 4 is 6.16 Å². The molecule has 1 aliphatic heterocycles. The van der Waals surface area contributed by atoms with Gasteiger partial charge in [-0.05, 0) is 0 Å². The van der Waals surface area contributed by atoms with E-state index in [-0.39, 0.29) is 6.10 Å². The van der Waals surface area contributed by atoms with Crippen LogP contribution in [0.3, 0.4) is 0 Å². The van der Waals surface area contributed by atoms with Crippen molar-refractivity contribution in [3.8, 4) is 0 Å². The summed E-state index contributed by atoms with van der Waals surface area (Å²) in [4.78, 5) is 10.0. The number of carboxylic acid groups (broad SMARTS) is 1. The average Bonchev–Trinajstić information content (AvgIpc) is 1.88. The maximum atomic E-state index is 10.0. The fraction of sp³-hybridized carbons (Fsp3) is 0.833. The zero-order valence-electron chi connectivity index (χ0n) is 5.58. The Morgan fingerprint density at radius 3 is 2.60 bits per heavy atom. The van der Waals surface area contributed by atoms with E-state index in [0.29, 0.717) is 26.1 Å². The smallest absolute Gasteiger partial charge is 0.450 e. The molecule has 0 aromatic heterocycles.